The molecule has 1 fully saturated rings. The topological polar surface area (TPSA) is 61.5 Å². The number of nitrogens with two attached hydrogens (primary N) is 1. The van der Waals surface area contributed by atoms with E-state index >= 15 is 0 Å². The SMILES string of the molecule is CNC1=C2CN(C(O)CN)CC21. The van der Waals surface area contributed by atoms with Gasteiger partial charge in [0.2, 0.25) is 0 Å². The molecule has 0 aromatic rings. The van der Waals surface area contributed by atoms with E-state index in [2.05, 4.69) is 5.32 Å². The van der Waals surface area contributed by atoms with Crippen molar-refractivity contribution < 1.29 is 5.11 Å². The summed E-state index contributed by atoms with van der Waals surface area (Å²) in [6.07, 6.45) is -0.455. The average molecular weight is 169 g/mol. The van der Waals surface area contributed by atoms with Gasteiger partial charge < -0.3 is 16.2 Å². The van der Waals surface area contributed by atoms with Crippen LogP contribution < -0.4 is 11.1 Å². The Balaban J connectivity index is 1.91. The van der Waals surface area contributed by atoms with Gasteiger partial charge in [0.25, 0.3) is 0 Å². The Labute approximate surface area is 72.0 Å². The lowest BCUT2D eigenvalue weighted by Crippen LogP contribution is -2.39. The maximum Gasteiger partial charge on any atom is 0.120 e. The third kappa shape index (κ3) is 1.03. The number of fused-ring (bicyclic) bond motifs is 1. The maximum absolute atomic E-state index is 9.41. The lowest BCUT2D eigenvalue weighted by atomic mass is 10.3. The minimum Gasteiger partial charge on any atom is -0.391 e. The first-order chi connectivity index (χ1) is 5.77. The van der Waals surface area contributed by atoms with Crippen molar-refractivity contribution in [1.29, 1.82) is 0 Å². The highest BCUT2D eigenvalue weighted by Crippen LogP contribution is 2.43. The van der Waals surface area contributed by atoms with Crippen LogP contribution in [0.15, 0.2) is 11.3 Å². The molecule has 0 radical (unpaired) electrons. The molecule has 1 heterocycles. The Morgan fingerprint density at radius 3 is 3.00 bits per heavy atom. The molecule has 2 unspecified atom stereocenters. The van der Waals surface area contributed by atoms with Crippen molar-refractivity contribution in [2.24, 2.45) is 11.7 Å². The fraction of sp³-hybridized carbons (Fsp3) is 0.750. The van der Waals surface area contributed by atoms with Crippen LogP contribution in [0.4, 0.5) is 0 Å². The van der Waals surface area contributed by atoms with Gasteiger partial charge in [-0.25, -0.2) is 0 Å². The molecule has 4 N–H and O–H groups in total. The minimum atomic E-state index is -0.455. The average Bonchev–Trinajstić information content (AvgIpc) is 2.56. The first kappa shape index (κ1) is 8.04. The van der Waals surface area contributed by atoms with Gasteiger partial charge in [-0.1, -0.05) is 0 Å². The number of aliphatic hydroxyl groups is 1. The summed E-state index contributed by atoms with van der Waals surface area (Å²) in [7, 11) is 1.95. The zero-order chi connectivity index (χ0) is 8.72. The molecule has 2 rings (SSSR count). The highest BCUT2D eigenvalue weighted by atomic mass is 16.3. The molecule has 68 valence electrons. The third-order valence-electron chi connectivity index (χ3n) is 2.72. The Hall–Kier alpha value is -0.580. The summed E-state index contributed by atoms with van der Waals surface area (Å²) in [5, 5.41) is 12.6. The molecule has 0 amide bonds. The molecule has 2 atom stereocenters. The number of rotatable bonds is 3. The molecule has 12 heavy (non-hydrogen) atoms. The molecular formula is C8H15N3O. The Morgan fingerprint density at radius 2 is 2.58 bits per heavy atom. The van der Waals surface area contributed by atoms with Gasteiger partial charge >= 0.3 is 0 Å². The molecule has 4 heteroatoms. The summed E-state index contributed by atoms with van der Waals surface area (Å²) in [6.45, 7) is 2.15. The van der Waals surface area contributed by atoms with Crippen LogP contribution in [0, 0.1) is 5.92 Å². The van der Waals surface area contributed by atoms with Crippen LogP contribution in [0.2, 0.25) is 0 Å². The second-order valence-corrected chi connectivity index (χ2v) is 3.39. The highest BCUT2D eigenvalue weighted by molar-refractivity contribution is 5.44. The lowest BCUT2D eigenvalue weighted by molar-refractivity contribution is 0.0263. The second-order valence-electron chi connectivity index (χ2n) is 3.39. The van der Waals surface area contributed by atoms with Gasteiger partial charge in [0.15, 0.2) is 0 Å². The maximum atomic E-state index is 9.41. The van der Waals surface area contributed by atoms with Gasteiger partial charge in [-0.3, -0.25) is 4.90 Å². The number of hydrogen-bond acceptors (Lipinski definition) is 4. The molecule has 0 spiro atoms. The monoisotopic (exact) mass is 169 g/mol. The van der Waals surface area contributed by atoms with E-state index in [-0.39, 0.29) is 0 Å². The standard InChI is InChI=1S/C8H15N3O/c1-10-8-5-3-11(4-6(5)8)7(12)2-9/h5,7,10,12H,2-4,9H2,1H3. The molecule has 4 nitrogen and oxygen atoms in total. The zero-order valence-corrected chi connectivity index (χ0v) is 7.25. The smallest absolute Gasteiger partial charge is 0.120 e. The van der Waals surface area contributed by atoms with E-state index in [9.17, 15) is 5.11 Å². The van der Waals surface area contributed by atoms with Crippen molar-refractivity contribution in [2.45, 2.75) is 6.23 Å². The van der Waals surface area contributed by atoms with E-state index in [0.29, 0.717) is 12.5 Å². The van der Waals surface area contributed by atoms with E-state index in [4.69, 9.17) is 5.73 Å². The first-order valence-electron chi connectivity index (χ1n) is 4.30. The summed E-state index contributed by atoms with van der Waals surface area (Å²) in [5.41, 5.74) is 8.18. The third-order valence-corrected chi connectivity index (χ3v) is 2.72. The van der Waals surface area contributed by atoms with Crippen molar-refractivity contribution in [3.05, 3.63) is 11.3 Å². The number of nitrogens with zero attached hydrogens (tertiary/aromatic N) is 1. The van der Waals surface area contributed by atoms with E-state index in [1.165, 1.54) is 11.3 Å². The molecule has 1 aliphatic heterocycles. The highest BCUT2D eigenvalue weighted by Gasteiger charge is 2.44. The van der Waals surface area contributed by atoms with Crippen molar-refractivity contribution in [3.63, 3.8) is 0 Å². The number of nitrogens with one attached hydrogen (secondary N) is 1. The number of hydrogen-bond donors (Lipinski definition) is 3. The van der Waals surface area contributed by atoms with Gasteiger partial charge in [0.1, 0.15) is 6.23 Å². The molecule has 1 aliphatic carbocycles. The van der Waals surface area contributed by atoms with E-state index < -0.39 is 6.23 Å². The van der Waals surface area contributed by atoms with E-state index in [1.54, 1.807) is 0 Å². The Morgan fingerprint density at radius 1 is 1.83 bits per heavy atom. The predicted molar refractivity (Wildman–Crippen MR) is 46.2 cm³/mol. The van der Waals surface area contributed by atoms with Gasteiger partial charge in [0.05, 0.1) is 0 Å². The summed E-state index contributed by atoms with van der Waals surface area (Å²) >= 11 is 0. The van der Waals surface area contributed by atoms with Crippen molar-refractivity contribution in [3.8, 4) is 0 Å². The lowest BCUT2D eigenvalue weighted by Gasteiger charge is -2.22. The molecule has 0 aromatic carbocycles. The van der Waals surface area contributed by atoms with E-state index in [1.807, 2.05) is 11.9 Å². The van der Waals surface area contributed by atoms with Gasteiger partial charge in [0, 0.05) is 38.3 Å². The number of aliphatic hydroxyl groups excluding tert-OH is 1. The van der Waals surface area contributed by atoms with Crippen LogP contribution in [0.1, 0.15) is 0 Å². The zero-order valence-electron chi connectivity index (χ0n) is 7.25. The molecule has 0 bridgehead atoms. The van der Waals surface area contributed by atoms with Crippen LogP contribution in [-0.4, -0.2) is 42.9 Å². The van der Waals surface area contributed by atoms with Gasteiger partial charge in [-0.05, 0) is 5.57 Å². The van der Waals surface area contributed by atoms with Crippen LogP contribution >= 0.6 is 0 Å². The fourth-order valence-corrected chi connectivity index (χ4v) is 1.95. The Kier molecular flexibility index (Phi) is 1.83. The van der Waals surface area contributed by atoms with E-state index in [0.717, 1.165) is 13.1 Å². The van der Waals surface area contributed by atoms with Crippen LogP contribution in [0.25, 0.3) is 0 Å². The van der Waals surface area contributed by atoms with Gasteiger partial charge in [-0.15, -0.1) is 0 Å². The van der Waals surface area contributed by atoms with Crippen molar-refractivity contribution in [1.82, 2.24) is 10.2 Å². The van der Waals surface area contributed by atoms with Crippen LogP contribution in [0.3, 0.4) is 0 Å². The normalized spacial score (nSPS) is 30.4. The predicted octanol–water partition coefficient (Wildman–Crippen LogP) is -1.32. The molecule has 0 saturated carbocycles. The van der Waals surface area contributed by atoms with Crippen LogP contribution in [0.5, 0.6) is 0 Å². The minimum absolute atomic E-state index is 0.328. The summed E-state index contributed by atoms with van der Waals surface area (Å²) in [5.74, 6) is 0.594. The molecule has 0 aromatic heterocycles. The largest absolute Gasteiger partial charge is 0.391 e. The molecule has 1 saturated heterocycles. The Bertz CT molecular complexity index is 226. The van der Waals surface area contributed by atoms with Gasteiger partial charge in [-0.2, -0.15) is 0 Å². The van der Waals surface area contributed by atoms with Crippen LogP contribution in [-0.2, 0) is 0 Å². The summed E-state index contributed by atoms with van der Waals surface area (Å²) < 4.78 is 0. The molecule has 2 aliphatic rings. The fourth-order valence-electron chi connectivity index (χ4n) is 1.95. The van der Waals surface area contributed by atoms with Crippen molar-refractivity contribution in [2.75, 3.05) is 26.7 Å². The summed E-state index contributed by atoms with van der Waals surface area (Å²) in [6, 6.07) is 0. The first-order valence-corrected chi connectivity index (χ1v) is 4.30. The second kappa shape index (κ2) is 2.73. The van der Waals surface area contributed by atoms with Crippen molar-refractivity contribution >= 4 is 0 Å². The quantitative estimate of drug-likeness (QED) is 0.490. The number of likely N-dealkylation sites (tertiary alicyclic amines) is 1. The molecular weight excluding hydrogens is 154 g/mol. The summed E-state index contributed by atoms with van der Waals surface area (Å²) in [4.78, 5) is 2.01.